The average molecular weight is 375 g/mol. The number of benzene rings is 1. The molecule has 2 saturated carbocycles. The van der Waals surface area contributed by atoms with Gasteiger partial charge in [0.05, 0.1) is 12.5 Å². The highest BCUT2D eigenvalue weighted by atomic mass is 17.2. The SMILES string of the molecule is CCC1CCC(C(=O)Oc2ccc(OOCC3CCC(C)CC3)cc2)CC1. The number of esters is 1. The smallest absolute Gasteiger partial charge is 0.314 e. The van der Waals surface area contributed by atoms with Gasteiger partial charge in [0.1, 0.15) is 5.75 Å². The Kier molecular flexibility index (Phi) is 7.57. The molecule has 0 radical (unpaired) electrons. The first kappa shape index (κ1) is 20.2. The van der Waals surface area contributed by atoms with Gasteiger partial charge in [-0.3, -0.25) is 4.79 Å². The second-order valence-electron chi connectivity index (χ2n) is 8.51. The quantitative estimate of drug-likeness (QED) is 0.256. The molecule has 1 aromatic carbocycles. The minimum atomic E-state index is -0.0963. The molecule has 0 amide bonds. The minimum Gasteiger partial charge on any atom is -0.426 e. The largest absolute Gasteiger partial charge is 0.426 e. The molecule has 0 bridgehead atoms. The van der Waals surface area contributed by atoms with Crippen molar-refractivity contribution in [3.05, 3.63) is 24.3 Å². The van der Waals surface area contributed by atoms with Gasteiger partial charge in [0.2, 0.25) is 0 Å². The molecule has 0 unspecified atom stereocenters. The summed E-state index contributed by atoms with van der Waals surface area (Å²) >= 11 is 0. The zero-order chi connectivity index (χ0) is 19.1. The van der Waals surface area contributed by atoms with E-state index in [0.717, 1.165) is 37.5 Å². The Balaban J connectivity index is 1.37. The molecule has 0 saturated heterocycles. The van der Waals surface area contributed by atoms with Crippen molar-refractivity contribution in [3.8, 4) is 11.5 Å². The van der Waals surface area contributed by atoms with Gasteiger partial charge < -0.3 is 9.62 Å². The van der Waals surface area contributed by atoms with E-state index in [1.54, 1.807) is 24.3 Å². The first-order valence-corrected chi connectivity index (χ1v) is 10.7. The van der Waals surface area contributed by atoms with Crippen molar-refractivity contribution in [1.29, 1.82) is 0 Å². The van der Waals surface area contributed by atoms with Crippen molar-refractivity contribution in [1.82, 2.24) is 0 Å². The van der Waals surface area contributed by atoms with Crippen LogP contribution in [0.2, 0.25) is 0 Å². The van der Waals surface area contributed by atoms with E-state index in [4.69, 9.17) is 14.5 Å². The zero-order valence-electron chi connectivity index (χ0n) is 16.8. The van der Waals surface area contributed by atoms with E-state index in [0.29, 0.717) is 24.0 Å². The van der Waals surface area contributed by atoms with E-state index in [2.05, 4.69) is 13.8 Å². The highest BCUT2D eigenvalue weighted by molar-refractivity contribution is 5.75. The van der Waals surface area contributed by atoms with Gasteiger partial charge in [-0.15, -0.1) is 0 Å². The van der Waals surface area contributed by atoms with Gasteiger partial charge in [-0.25, -0.2) is 0 Å². The minimum absolute atomic E-state index is 0.0465. The highest BCUT2D eigenvalue weighted by Gasteiger charge is 2.27. The van der Waals surface area contributed by atoms with Crippen LogP contribution < -0.4 is 9.62 Å². The fraction of sp³-hybridized carbons (Fsp3) is 0.696. The lowest BCUT2D eigenvalue weighted by molar-refractivity contribution is -0.218. The predicted octanol–water partition coefficient (Wildman–Crippen LogP) is 5.95. The highest BCUT2D eigenvalue weighted by Crippen LogP contribution is 2.32. The summed E-state index contributed by atoms with van der Waals surface area (Å²) < 4.78 is 5.55. The standard InChI is InChI=1S/C23H34O4/c1-3-18-8-10-20(11-9-18)23(24)26-21-12-14-22(15-13-21)27-25-16-19-6-4-17(2)5-7-19/h12-15,17-20H,3-11,16H2,1-2H3. The summed E-state index contributed by atoms with van der Waals surface area (Å²) in [6, 6.07) is 7.13. The first-order chi connectivity index (χ1) is 13.1. The van der Waals surface area contributed by atoms with Crippen LogP contribution >= 0.6 is 0 Å². The van der Waals surface area contributed by atoms with Gasteiger partial charge in [-0.2, -0.15) is 4.89 Å². The number of hydrogen-bond acceptors (Lipinski definition) is 4. The van der Waals surface area contributed by atoms with Gasteiger partial charge in [0.25, 0.3) is 0 Å². The Labute approximate surface area is 163 Å². The molecule has 2 aliphatic rings. The number of ether oxygens (including phenoxy) is 1. The van der Waals surface area contributed by atoms with Crippen LogP contribution in [-0.2, 0) is 9.68 Å². The third-order valence-corrected chi connectivity index (χ3v) is 6.39. The molecule has 0 spiro atoms. The van der Waals surface area contributed by atoms with Gasteiger partial charge in [-0.05, 0) is 80.5 Å². The lowest BCUT2D eigenvalue weighted by Gasteiger charge is -2.26. The molecule has 4 heteroatoms. The summed E-state index contributed by atoms with van der Waals surface area (Å²) in [5.74, 6) is 3.39. The summed E-state index contributed by atoms with van der Waals surface area (Å²) in [5.41, 5.74) is 0. The Bertz CT molecular complexity index is 567. The maximum absolute atomic E-state index is 12.3. The van der Waals surface area contributed by atoms with E-state index >= 15 is 0 Å². The fourth-order valence-electron chi connectivity index (χ4n) is 4.26. The third kappa shape index (κ3) is 6.24. The summed E-state index contributed by atoms with van der Waals surface area (Å²) in [7, 11) is 0. The maximum atomic E-state index is 12.3. The van der Waals surface area contributed by atoms with Crippen molar-refractivity contribution in [2.24, 2.45) is 23.7 Å². The van der Waals surface area contributed by atoms with Gasteiger partial charge in [-0.1, -0.05) is 33.1 Å². The van der Waals surface area contributed by atoms with Crippen molar-refractivity contribution in [3.63, 3.8) is 0 Å². The van der Waals surface area contributed by atoms with Crippen LogP contribution in [0.15, 0.2) is 24.3 Å². The van der Waals surface area contributed by atoms with Crippen LogP contribution in [0.4, 0.5) is 0 Å². The third-order valence-electron chi connectivity index (χ3n) is 6.39. The summed E-state index contributed by atoms with van der Waals surface area (Å²) in [4.78, 5) is 23.2. The molecule has 0 aromatic heterocycles. The Morgan fingerprint density at radius 1 is 0.889 bits per heavy atom. The summed E-state index contributed by atoms with van der Waals surface area (Å²) in [6.45, 7) is 5.19. The molecule has 2 aliphatic carbocycles. The van der Waals surface area contributed by atoms with E-state index in [1.807, 2.05) is 0 Å². The van der Waals surface area contributed by atoms with Crippen LogP contribution in [0.1, 0.15) is 71.6 Å². The Hall–Kier alpha value is -1.55. The van der Waals surface area contributed by atoms with Crippen LogP contribution in [0.3, 0.4) is 0 Å². The molecule has 3 rings (SSSR count). The molecule has 1 aromatic rings. The van der Waals surface area contributed by atoms with E-state index in [9.17, 15) is 4.79 Å². The average Bonchev–Trinajstić information content (AvgIpc) is 2.71. The molecule has 0 N–H and O–H groups in total. The molecule has 0 aliphatic heterocycles. The predicted molar refractivity (Wildman–Crippen MR) is 106 cm³/mol. The molecule has 4 nitrogen and oxygen atoms in total. The van der Waals surface area contributed by atoms with Gasteiger partial charge in [0.15, 0.2) is 5.75 Å². The molecular formula is C23H34O4. The molecule has 27 heavy (non-hydrogen) atoms. The summed E-state index contributed by atoms with van der Waals surface area (Å²) in [6.07, 6.45) is 10.4. The zero-order valence-corrected chi connectivity index (χ0v) is 16.8. The second-order valence-corrected chi connectivity index (χ2v) is 8.51. The Morgan fingerprint density at radius 2 is 1.48 bits per heavy atom. The number of rotatable bonds is 7. The molecule has 0 heterocycles. The van der Waals surface area contributed by atoms with Crippen molar-refractivity contribution in [2.45, 2.75) is 71.6 Å². The van der Waals surface area contributed by atoms with Crippen LogP contribution in [0, 0.1) is 23.7 Å². The molecular weight excluding hydrogens is 340 g/mol. The Morgan fingerprint density at radius 3 is 2.11 bits per heavy atom. The number of hydrogen-bond donors (Lipinski definition) is 0. The fourth-order valence-corrected chi connectivity index (χ4v) is 4.26. The van der Waals surface area contributed by atoms with Gasteiger partial charge in [0, 0.05) is 0 Å². The van der Waals surface area contributed by atoms with Gasteiger partial charge >= 0.3 is 5.97 Å². The van der Waals surface area contributed by atoms with E-state index < -0.39 is 0 Å². The number of carbonyl (C=O) groups is 1. The van der Waals surface area contributed by atoms with Crippen LogP contribution in [0.25, 0.3) is 0 Å². The first-order valence-electron chi connectivity index (χ1n) is 10.7. The van der Waals surface area contributed by atoms with Crippen molar-refractivity contribution >= 4 is 5.97 Å². The van der Waals surface area contributed by atoms with Crippen LogP contribution in [-0.4, -0.2) is 12.6 Å². The molecule has 2 fully saturated rings. The lowest BCUT2D eigenvalue weighted by atomic mass is 9.81. The second kappa shape index (κ2) is 10.1. The molecule has 150 valence electrons. The maximum Gasteiger partial charge on any atom is 0.314 e. The lowest BCUT2D eigenvalue weighted by Crippen LogP contribution is -2.25. The number of carbonyl (C=O) groups excluding carboxylic acids is 1. The normalized spacial score (nSPS) is 28.5. The van der Waals surface area contributed by atoms with Crippen LogP contribution in [0.5, 0.6) is 11.5 Å². The van der Waals surface area contributed by atoms with Crippen molar-refractivity contribution in [2.75, 3.05) is 6.61 Å². The topological polar surface area (TPSA) is 44.8 Å². The van der Waals surface area contributed by atoms with E-state index in [1.165, 1.54) is 32.1 Å². The van der Waals surface area contributed by atoms with E-state index in [-0.39, 0.29) is 11.9 Å². The monoisotopic (exact) mass is 374 g/mol. The van der Waals surface area contributed by atoms with Crippen molar-refractivity contribution < 1.29 is 19.3 Å². The molecule has 0 atom stereocenters. The summed E-state index contributed by atoms with van der Waals surface area (Å²) in [5, 5.41) is 0.